The van der Waals surface area contributed by atoms with Gasteiger partial charge in [-0.3, -0.25) is 9.78 Å². The average molecular weight is 481 g/mol. The molecule has 1 aliphatic rings. The first kappa shape index (κ1) is 24.5. The van der Waals surface area contributed by atoms with E-state index in [0.717, 1.165) is 47.5 Å². The first-order valence-electron chi connectivity index (χ1n) is 11.8. The number of benzene rings is 2. The molecule has 2 N–H and O–H groups in total. The van der Waals surface area contributed by atoms with Crippen LogP contribution in [0, 0.1) is 11.8 Å². The summed E-state index contributed by atoms with van der Waals surface area (Å²) in [6.07, 6.45) is 3.07. The third kappa shape index (κ3) is 6.09. The highest BCUT2D eigenvalue weighted by Crippen LogP contribution is 2.34. The van der Waals surface area contributed by atoms with Crippen molar-refractivity contribution in [3.63, 3.8) is 0 Å². The van der Waals surface area contributed by atoms with Crippen LogP contribution in [-0.4, -0.2) is 58.6 Å². The second kappa shape index (κ2) is 11.7. The smallest absolute Gasteiger partial charge is 0.308 e. The molecule has 0 amide bonds. The van der Waals surface area contributed by atoms with E-state index < -0.39 is 18.0 Å². The van der Waals surface area contributed by atoms with Crippen molar-refractivity contribution in [2.24, 2.45) is 11.8 Å². The molecule has 34 heavy (non-hydrogen) atoms. The molecule has 1 aliphatic heterocycles. The van der Waals surface area contributed by atoms with Crippen LogP contribution in [0.2, 0.25) is 0 Å². The number of aromatic nitrogens is 1. The number of carbonyl (C=O) groups is 1. The molecule has 6 nitrogen and oxygen atoms in total. The quantitative estimate of drug-likeness (QED) is 0.401. The minimum Gasteiger partial charge on any atom is -0.497 e. The largest absolute Gasteiger partial charge is 0.497 e. The number of aliphatic hydroxyl groups excluding tert-OH is 1. The summed E-state index contributed by atoms with van der Waals surface area (Å²) >= 11 is 1.80. The van der Waals surface area contributed by atoms with Crippen LogP contribution in [-0.2, 0) is 4.79 Å². The number of fused-ring (bicyclic) bond motifs is 1. The summed E-state index contributed by atoms with van der Waals surface area (Å²) in [6, 6.07) is 17.8. The van der Waals surface area contributed by atoms with E-state index in [0.29, 0.717) is 19.4 Å². The number of nitrogens with zero attached hydrogens (tertiary/aromatic N) is 2. The highest BCUT2D eigenvalue weighted by atomic mass is 32.2. The van der Waals surface area contributed by atoms with E-state index in [9.17, 15) is 15.0 Å². The summed E-state index contributed by atoms with van der Waals surface area (Å²) in [5.74, 6) is 0.583. The summed E-state index contributed by atoms with van der Waals surface area (Å²) < 4.78 is 5.33. The maximum Gasteiger partial charge on any atom is 0.308 e. The Hall–Kier alpha value is -2.61. The zero-order valence-corrected chi connectivity index (χ0v) is 20.3. The fourth-order valence-electron chi connectivity index (χ4n) is 4.80. The number of hydrogen-bond acceptors (Lipinski definition) is 6. The lowest BCUT2D eigenvalue weighted by molar-refractivity contribution is -0.146. The van der Waals surface area contributed by atoms with Crippen molar-refractivity contribution >= 4 is 28.6 Å². The first-order chi connectivity index (χ1) is 16.5. The van der Waals surface area contributed by atoms with Crippen LogP contribution in [0.25, 0.3) is 10.9 Å². The summed E-state index contributed by atoms with van der Waals surface area (Å²) in [5, 5.41) is 21.7. The van der Waals surface area contributed by atoms with Gasteiger partial charge in [0, 0.05) is 35.3 Å². The highest BCUT2D eigenvalue weighted by Gasteiger charge is 2.34. The summed E-state index contributed by atoms with van der Waals surface area (Å²) in [4.78, 5) is 19.9. The second-order valence-electron chi connectivity index (χ2n) is 8.83. The molecule has 3 aromatic rings. The zero-order chi connectivity index (χ0) is 23.9. The van der Waals surface area contributed by atoms with Gasteiger partial charge in [0.15, 0.2) is 0 Å². The predicted molar refractivity (Wildman–Crippen MR) is 135 cm³/mol. The van der Waals surface area contributed by atoms with Crippen molar-refractivity contribution in [1.29, 1.82) is 0 Å². The third-order valence-corrected chi connectivity index (χ3v) is 7.72. The van der Waals surface area contributed by atoms with Gasteiger partial charge in [0.2, 0.25) is 0 Å². The van der Waals surface area contributed by atoms with Gasteiger partial charge < -0.3 is 19.8 Å². The van der Waals surface area contributed by atoms with E-state index in [-0.39, 0.29) is 5.92 Å². The summed E-state index contributed by atoms with van der Waals surface area (Å²) in [7, 11) is 1.62. The normalized spacial score (nSPS) is 19.7. The van der Waals surface area contributed by atoms with Crippen LogP contribution in [0.1, 0.15) is 30.9 Å². The van der Waals surface area contributed by atoms with Gasteiger partial charge in [-0.15, -0.1) is 11.8 Å². The molecule has 0 aliphatic carbocycles. The lowest BCUT2D eigenvalue weighted by atomic mass is 9.81. The number of aliphatic carboxylic acids is 1. The minimum atomic E-state index is -0.737. The van der Waals surface area contributed by atoms with Crippen LogP contribution in [0.5, 0.6) is 5.75 Å². The number of methoxy groups -OCH3 is 1. The van der Waals surface area contributed by atoms with Gasteiger partial charge in [-0.1, -0.05) is 18.2 Å². The fraction of sp³-hybridized carbons (Fsp3) is 0.407. The topological polar surface area (TPSA) is 82.9 Å². The number of carboxylic acid groups (broad SMARTS) is 1. The molecule has 0 bridgehead atoms. The highest BCUT2D eigenvalue weighted by molar-refractivity contribution is 7.99. The zero-order valence-electron chi connectivity index (χ0n) is 19.5. The Labute approximate surface area is 205 Å². The lowest BCUT2D eigenvalue weighted by Gasteiger charge is -2.37. The number of thioether (sulfide) groups is 1. The number of likely N-dealkylation sites (tertiary alicyclic amines) is 1. The van der Waals surface area contributed by atoms with Crippen molar-refractivity contribution < 1.29 is 19.7 Å². The number of piperidine rings is 1. The van der Waals surface area contributed by atoms with Gasteiger partial charge >= 0.3 is 5.97 Å². The Morgan fingerprint density at radius 1 is 1.24 bits per heavy atom. The molecule has 0 saturated carbocycles. The van der Waals surface area contributed by atoms with Crippen molar-refractivity contribution in [2.45, 2.75) is 30.3 Å². The number of pyridine rings is 1. The number of ether oxygens (including phenoxy) is 1. The predicted octanol–water partition coefficient (Wildman–Crippen LogP) is 4.87. The minimum absolute atomic E-state index is 0.0628. The second-order valence-corrected chi connectivity index (χ2v) is 10.0. The Balaban J connectivity index is 1.34. The van der Waals surface area contributed by atoms with E-state index in [2.05, 4.69) is 22.0 Å². The van der Waals surface area contributed by atoms with E-state index in [1.54, 1.807) is 25.1 Å². The Bertz CT molecular complexity index is 1090. The molecule has 3 atom stereocenters. The standard InChI is InChI=1S/C27H32N2O4S/c1-33-20-8-9-25-23(17-20)22(11-13-28-25)26(30)10-7-19-12-14-29(18-24(19)27(31)32)15-16-34-21-5-3-2-4-6-21/h2-6,8-9,11,13,17,19,24,26,30H,7,10,12,14-16,18H2,1H3,(H,31,32)/t19-,24+,26-/m1/s1. The number of hydrogen-bond donors (Lipinski definition) is 2. The van der Waals surface area contributed by atoms with Crippen molar-refractivity contribution in [1.82, 2.24) is 9.88 Å². The van der Waals surface area contributed by atoms with Gasteiger partial charge in [-0.25, -0.2) is 0 Å². The molecule has 7 heteroatoms. The first-order valence-corrected chi connectivity index (χ1v) is 12.8. The molecule has 1 saturated heterocycles. The maximum atomic E-state index is 12.0. The Morgan fingerprint density at radius 2 is 2.06 bits per heavy atom. The number of carboxylic acids is 1. The van der Waals surface area contributed by atoms with Gasteiger partial charge in [0.1, 0.15) is 5.75 Å². The molecule has 2 heterocycles. The van der Waals surface area contributed by atoms with Crippen LogP contribution >= 0.6 is 11.8 Å². The van der Waals surface area contributed by atoms with Crippen molar-refractivity contribution in [3.8, 4) is 5.75 Å². The van der Waals surface area contributed by atoms with Crippen LogP contribution in [0.15, 0.2) is 65.7 Å². The fourth-order valence-corrected chi connectivity index (χ4v) is 5.73. The van der Waals surface area contributed by atoms with E-state index in [1.807, 2.05) is 42.5 Å². The molecule has 1 fully saturated rings. The van der Waals surface area contributed by atoms with Gasteiger partial charge in [0.25, 0.3) is 0 Å². The van der Waals surface area contributed by atoms with Crippen molar-refractivity contribution in [3.05, 3.63) is 66.4 Å². The molecule has 1 aromatic heterocycles. The average Bonchev–Trinajstić information content (AvgIpc) is 2.87. The monoisotopic (exact) mass is 480 g/mol. The summed E-state index contributed by atoms with van der Waals surface area (Å²) in [6.45, 7) is 2.35. The van der Waals surface area contributed by atoms with Crippen LogP contribution in [0.4, 0.5) is 0 Å². The number of aliphatic hydroxyl groups is 1. The van der Waals surface area contributed by atoms with Gasteiger partial charge in [0.05, 0.1) is 24.6 Å². The number of rotatable bonds is 10. The molecule has 4 rings (SSSR count). The Morgan fingerprint density at radius 3 is 2.82 bits per heavy atom. The molecule has 180 valence electrons. The molecule has 2 aromatic carbocycles. The van der Waals surface area contributed by atoms with Crippen molar-refractivity contribution in [2.75, 3.05) is 32.5 Å². The van der Waals surface area contributed by atoms with Crippen LogP contribution < -0.4 is 4.74 Å². The maximum absolute atomic E-state index is 12.0. The van der Waals surface area contributed by atoms with E-state index >= 15 is 0 Å². The molecule has 0 spiro atoms. The van der Waals surface area contributed by atoms with Gasteiger partial charge in [-0.05, 0) is 73.7 Å². The van der Waals surface area contributed by atoms with E-state index in [4.69, 9.17) is 4.74 Å². The molecule has 0 radical (unpaired) electrons. The molecular formula is C27H32N2O4S. The SMILES string of the molecule is COc1ccc2nccc([C@H](O)CC[C@@H]3CCN(CCSc4ccccc4)C[C@@H]3C(=O)O)c2c1. The molecular weight excluding hydrogens is 448 g/mol. The third-order valence-electron chi connectivity index (χ3n) is 6.73. The van der Waals surface area contributed by atoms with Crippen LogP contribution in [0.3, 0.4) is 0 Å². The lowest BCUT2D eigenvalue weighted by Crippen LogP contribution is -2.44. The summed E-state index contributed by atoms with van der Waals surface area (Å²) in [5.41, 5.74) is 1.62. The van der Waals surface area contributed by atoms with E-state index in [1.165, 1.54) is 4.90 Å². The Kier molecular flexibility index (Phi) is 8.43. The van der Waals surface area contributed by atoms with Gasteiger partial charge in [-0.2, -0.15) is 0 Å². The molecule has 0 unspecified atom stereocenters.